The number of aromatic nitrogens is 1. The first kappa shape index (κ1) is 42.9. The summed E-state index contributed by atoms with van der Waals surface area (Å²) in [7, 11) is 1.39. The molecule has 1 aliphatic carbocycles. The van der Waals surface area contributed by atoms with Crippen molar-refractivity contribution in [2.45, 2.75) is 129 Å². The molecular formula is C43H63FN4O5Si. The van der Waals surface area contributed by atoms with Gasteiger partial charge in [0.05, 0.1) is 24.3 Å². The molecule has 9 nitrogen and oxygen atoms in total. The van der Waals surface area contributed by atoms with Crippen LogP contribution >= 0.6 is 0 Å². The van der Waals surface area contributed by atoms with Crippen molar-refractivity contribution >= 4 is 26.1 Å². The molecule has 11 heteroatoms. The summed E-state index contributed by atoms with van der Waals surface area (Å²) in [6.45, 7) is 18.2. The molecule has 0 saturated heterocycles. The van der Waals surface area contributed by atoms with E-state index < -0.39 is 50.2 Å². The fourth-order valence-corrected chi connectivity index (χ4v) is 8.05. The van der Waals surface area contributed by atoms with E-state index in [-0.39, 0.29) is 35.5 Å². The van der Waals surface area contributed by atoms with Gasteiger partial charge in [-0.1, -0.05) is 70.2 Å². The number of rotatable bonds is 14. The zero-order valence-corrected chi connectivity index (χ0v) is 35.2. The highest BCUT2D eigenvalue weighted by Gasteiger charge is 2.43. The third-order valence-electron chi connectivity index (χ3n) is 10.9. The number of anilines is 1. The van der Waals surface area contributed by atoms with E-state index in [1.165, 1.54) is 6.07 Å². The molecule has 3 N–H and O–H groups in total. The molecule has 2 aromatic carbocycles. The summed E-state index contributed by atoms with van der Waals surface area (Å²) >= 11 is 0. The van der Waals surface area contributed by atoms with Crippen LogP contribution in [0.15, 0.2) is 66.9 Å². The maximum Gasteiger partial charge on any atom is 0.407 e. The van der Waals surface area contributed by atoms with Crippen LogP contribution in [0.25, 0.3) is 11.1 Å². The Hall–Kier alpha value is -3.80. The van der Waals surface area contributed by atoms with Crippen molar-refractivity contribution in [3.63, 3.8) is 0 Å². The Kier molecular flexibility index (Phi) is 14.1. The Bertz CT molecular complexity index is 1680. The summed E-state index contributed by atoms with van der Waals surface area (Å²) in [5.74, 6) is -0.408. The van der Waals surface area contributed by atoms with Crippen LogP contribution in [-0.4, -0.2) is 74.4 Å². The van der Waals surface area contributed by atoms with Crippen molar-refractivity contribution in [3.8, 4) is 11.1 Å². The van der Waals surface area contributed by atoms with Gasteiger partial charge in [0.2, 0.25) is 5.91 Å². The Labute approximate surface area is 323 Å². The third kappa shape index (κ3) is 11.8. The Morgan fingerprint density at radius 2 is 1.61 bits per heavy atom. The number of carbonyl (C=O) groups is 2. The van der Waals surface area contributed by atoms with E-state index in [4.69, 9.17) is 9.16 Å². The number of aliphatic hydroxyl groups is 1. The number of amides is 2. The van der Waals surface area contributed by atoms with Gasteiger partial charge in [-0.3, -0.25) is 4.79 Å². The summed E-state index contributed by atoms with van der Waals surface area (Å²) in [6.07, 6.45) is 2.11. The summed E-state index contributed by atoms with van der Waals surface area (Å²) in [4.78, 5) is 34.4. The molecule has 1 heterocycles. The quantitative estimate of drug-likeness (QED) is 0.142. The van der Waals surface area contributed by atoms with Gasteiger partial charge in [0, 0.05) is 31.8 Å². The van der Waals surface area contributed by atoms with Gasteiger partial charge in [0.25, 0.3) is 0 Å². The number of alkyl carbamates (subject to hydrolysis) is 1. The molecule has 1 saturated carbocycles. The van der Waals surface area contributed by atoms with Gasteiger partial charge in [0.15, 0.2) is 8.32 Å². The molecule has 1 fully saturated rings. The molecule has 6 atom stereocenters. The van der Waals surface area contributed by atoms with Crippen molar-refractivity contribution in [1.29, 1.82) is 0 Å². The van der Waals surface area contributed by atoms with Crippen LogP contribution in [0.1, 0.15) is 78.9 Å². The number of nitrogens with zero attached hydrogens (tertiary/aromatic N) is 2. The highest BCUT2D eigenvalue weighted by molar-refractivity contribution is 6.74. The lowest BCUT2D eigenvalue weighted by Gasteiger charge is -2.42. The maximum atomic E-state index is 15.2. The van der Waals surface area contributed by atoms with Crippen LogP contribution in [0.4, 0.5) is 15.0 Å². The lowest BCUT2D eigenvalue weighted by Crippen LogP contribution is -2.55. The predicted molar refractivity (Wildman–Crippen MR) is 217 cm³/mol. The molecule has 4 rings (SSSR count). The molecule has 1 aliphatic rings. The van der Waals surface area contributed by atoms with Gasteiger partial charge in [-0.25, -0.2) is 14.2 Å². The summed E-state index contributed by atoms with van der Waals surface area (Å²) in [6, 6.07) is 17.7. The van der Waals surface area contributed by atoms with Crippen molar-refractivity contribution in [1.82, 2.24) is 15.6 Å². The standard InChI is InChI=1S/C43H63FN4O5Si/c1-28-16-22-36(49)39(28)47-40(50)33(25-31-14-12-13-15-34(31)44)26-37(53-54(10,11)43(5,6)7)35(46-41(51)52-42(2,3)4)24-29-17-19-30(20-18-29)32-21-23-38(45-27-32)48(8)9/h12-15,17-21,23,27-28,33,35-37,39,49H,16,22,24-26H2,1-11H3,(H,46,51)(H,47,50)/t28-,33-,35+,36-,37+,39+/m1/s1. The molecule has 296 valence electrons. The fraction of sp³-hybridized carbons (Fsp3) is 0.558. The number of pyridine rings is 1. The largest absolute Gasteiger partial charge is 0.444 e. The SMILES string of the molecule is C[C@@H]1CC[C@@H](O)[C@H]1NC(=O)[C@H](Cc1ccccc1F)C[C@H](O[Si](C)(C)C(C)(C)C)[C@H](Cc1ccc(-c2ccc(N(C)C)nc2)cc1)NC(=O)OC(C)(C)C. The Morgan fingerprint density at radius 1 is 0.963 bits per heavy atom. The number of halogens is 1. The number of nitrogens with one attached hydrogen (secondary N) is 2. The normalized spacial score (nSPS) is 19.5. The Morgan fingerprint density at radius 3 is 2.15 bits per heavy atom. The second-order valence-electron chi connectivity index (χ2n) is 17.8. The van der Waals surface area contributed by atoms with Crippen LogP contribution in [0, 0.1) is 17.7 Å². The molecule has 0 radical (unpaired) electrons. The van der Waals surface area contributed by atoms with E-state index in [1.54, 1.807) is 18.2 Å². The first-order valence-corrected chi connectivity index (χ1v) is 22.2. The molecule has 0 bridgehead atoms. The van der Waals surface area contributed by atoms with E-state index >= 15 is 4.39 Å². The minimum absolute atomic E-state index is 0.101. The van der Waals surface area contributed by atoms with Crippen molar-refractivity contribution in [3.05, 3.63) is 83.8 Å². The van der Waals surface area contributed by atoms with E-state index in [2.05, 4.69) is 49.5 Å². The van der Waals surface area contributed by atoms with Crippen molar-refractivity contribution in [2.75, 3.05) is 19.0 Å². The molecular weight excluding hydrogens is 700 g/mol. The number of benzene rings is 2. The summed E-state index contributed by atoms with van der Waals surface area (Å²) in [5, 5.41) is 16.8. The van der Waals surface area contributed by atoms with Crippen molar-refractivity contribution < 1.29 is 28.2 Å². The molecule has 3 aromatic rings. The van der Waals surface area contributed by atoms with Gasteiger partial charge in [-0.05, 0) is 112 Å². The number of carbonyl (C=O) groups excluding carboxylic acids is 2. The molecule has 2 amide bonds. The average molecular weight is 763 g/mol. The van der Waals surface area contributed by atoms with E-state index in [0.717, 1.165) is 28.9 Å². The van der Waals surface area contributed by atoms with Crippen LogP contribution in [0.3, 0.4) is 0 Å². The first-order valence-electron chi connectivity index (χ1n) is 19.3. The summed E-state index contributed by atoms with van der Waals surface area (Å²) < 4.78 is 28.2. The van der Waals surface area contributed by atoms with Crippen LogP contribution in [0.2, 0.25) is 18.1 Å². The highest BCUT2D eigenvalue weighted by atomic mass is 28.4. The summed E-state index contributed by atoms with van der Waals surface area (Å²) in [5.41, 5.74) is 2.63. The fourth-order valence-electron chi connectivity index (χ4n) is 6.68. The topological polar surface area (TPSA) is 113 Å². The van der Waals surface area contributed by atoms with Gasteiger partial charge >= 0.3 is 6.09 Å². The minimum Gasteiger partial charge on any atom is -0.444 e. The first-order chi connectivity index (χ1) is 25.1. The van der Waals surface area contributed by atoms with Crippen LogP contribution in [-0.2, 0) is 26.8 Å². The highest BCUT2D eigenvalue weighted by Crippen LogP contribution is 2.39. The maximum absolute atomic E-state index is 15.2. The van der Waals surface area contributed by atoms with Gasteiger partial charge in [-0.2, -0.15) is 0 Å². The van der Waals surface area contributed by atoms with E-state index in [0.29, 0.717) is 18.4 Å². The lowest BCUT2D eigenvalue weighted by atomic mass is 9.88. The van der Waals surface area contributed by atoms with Crippen LogP contribution in [0.5, 0.6) is 0 Å². The predicted octanol–water partition coefficient (Wildman–Crippen LogP) is 8.30. The van der Waals surface area contributed by atoms with Gasteiger partial charge in [0.1, 0.15) is 17.2 Å². The number of aliphatic hydroxyl groups excluding tert-OH is 1. The molecule has 0 unspecified atom stereocenters. The zero-order valence-electron chi connectivity index (χ0n) is 34.2. The monoisotopic (exact) mass is 762 g/mol. The zero-order chi connectivity index (χ0) is 40.0. The van der Waals surface area contributed by atoms with E-state index in [1.807, 2.05) is 89.3 Å². The van der Waals surface area contributed by atoms with E-state index in [9.17, 15) is 14.7 Å². The third-order valence-corrected chi connectivity index (χ3v) is 15.4. The molecule has 0 spiro atoms. The minimum atomic E-state index is -2.52. The second-order valence-corrected chi connectivity index (χ2v) is 22.5. The number of hydrogen-bond donors (Lipinski definition) is 3. The van der Waals surface area contributed by atoms with Gasteiger partial charge < -0.3 is 29.8 Å². The van der Waals surface area contributed by atoms with Crippen molar-refractivity contribution in [2.24, 2.45) is 11.8 Å². The Balaban J connectivity index is 1.75. The van der Waals surface area contributed by atoms with Gasteiger partial charge in [-0.15, -0.1) is 0 Å². The molecule has 1 aromatic heterocycles. The number of ether oxygens (including phenoxy) is 1. The average Bonchev–Trinajstić information content (AvgIpc) is 3.39. The number of hydrogen-bond acceptors (Lipinski definition) is 7. The molecule has 54 heavy (non-hydrogen) atoms. The lowest BCUT2D eigenvalue weighted by molar-refractivity contribution is -0.127. The smallest absolute Gasteiger partial charge is 0.407 e. The molecule has 0 aliphatic heterocycles. The second kappa shape index (κ2) is 17.8. The van der Waals surface area contributed by atoms with Crippen LogP contribution < -0.4 is 15.5 Å².